The van der Waals surface area contributed by atoms with Gasteiger partial charge in [-0.2, -0.15) is 0 Å². The van der Waals surface area contributed by atoms with Crippen LogP contribution in [0.25, 0.3) is 17.5 Å². The Kier molecular flexibility index (Phi) is 6.35. The van der Waals surface area contributed by atoms with Gasteiger partial charge in [-0.15, -0.1) is 0 Å². The van der Waals surface area contributed by atoms with Crippen LogP contribution in [0.5, 0.6) is 5.75 Å². The summed E-state index contributed by atoms with van der Waals surface area (Å²) in [5.74, 6) is 1.26. The number of rotatable bonds is 5. The highest BCUT2D eigenvalue weighted by molar-refractivity contribution is 6.03. The largest absolute Gasteiger partial charge is 0.495 e. The Labute approximate surface area is 187 Å². The van der Waals surface area contributed by atoms with E-state index in [2.05, 4.69) is 27.4 Å². The number of benzene rings is 2. The quantitative estimate of drug-likeness (QED) is 0.626. The van der Waals surface area contributed by atoms with Gasteiger partial charge in [-0.1, -0.05) is 6.07 Å². The summed E-state index contributed by atoms with van der Waals surface area (Å²) in [4.78, 5) is 8.92. The standard InChI is InChI=1S/C25H26FN5O/c1-17-15-31(16-30-17)23-10-5-18(13-24(23)32-2)12-20-4-3-11-28-25(20)29-14-22(27)19-6-8-21(26)9-7-19/h5-10,12-16H,3-4,11,27H2,1-2H3,(H,28,29)/b20-12+,22-14-. The number of hydrogen-bond acceptors (Lipinski definition) is 5. The van der Waals surface area contributed by atoms with Gasteiger partial charge in [0.25, 0.3) is 0 Å². The molecule has 2 aromatic carbocycles. The van der Waals surface area contributed by atoms with Crippen molar-refractivity contribution in [3.8, 4) is 11.4 Å². The van der Waals surface area contributed by atoms with E-state index in [1.54, 1.807) is 31.8 Å². The van der Waals surface area contributed by atoms with Crippen LogP contribution in [0.4, 0.5) is 4.39 Å². The average Bonchev–Trinajstić information content (AvgIpc) is 3.24. The first kappa shape index (κ1) is 21.4. The second-order valence-corrected chi connectivity index (χ2v) is 7.61. The van der Waals surface area contributed by atoms with Gasteiger partial charge in [-0.25, -0.2) is 9.37 Å². The lowest BCUT2D eigenvalue weighted by Gasteiger charge is -2.17. The summed E-state index contributed by atoms with van der Waals surface area (Å²) in [5, 5.41) is 3.23. The molecule has 0 saturated heterocycles. The number of aryl methyl sites for hydroxylation is 1. The van der Waals surface area contributed by atoms with Crippen LogP contribution in [0.3, 0.4) is 0 Å². The van der Waals surface area contributed by atoms with Crippen molar-refractivity contribution in [3.63, 3.8) is 0 Å². The minimum absolute atomic E-state index is 0.291. The maximum Gasteiger partial charge on any atom is 0.143 e. The molecule has 164 valence electrons. The van der Waals surface area contributed by atoms with Crippen LogP contribution in [-0.4, -0.2) is 29.0 Å². The van der Waals surface area contributed by atoms with Gasteiger partial charge in [0.2, 0.25) is 0 Å². The molecule has 0 radical (unpaired) electrons. The number of halogens is 1. The van der Waals surface area contributed by atoms with Crippen molar-refractivity contribution in [2.24, 2.45) is 10.7 Å². The van der Waals surface area contributed by atoms with E-state index < -0.39 is 0 Å². The van der Waals surface area contributed by atoms with Crippen molar-refractivity contribution in [2.45, 2.75) is 19.8 Å². The molecule has 1 aliphatic heterocycles. The highest BCUT2D eigenvalue weighted by Gasteiger charge is 2.13. The summed E-state index contributed by atoms with van der Waals surface area (Å²) in [5.41, 5.74) is 11.4. The smallest absolute Gasteiger partial charge is 0.143 e. The van der Waals surface area contributed by atoms with E-state index in [1.165, 1.54) is 12.1 Å². The van der Waals surface area contributed by atoms with Crippen molar-refractivity contribution in [1.29, 1.82) is 0 Å². The molecule has 6 nitrogen and oxygen atoms in total. The molecule has 7 heteroatoms. The molecular formula is C25H26FN5O. The first-order valence-corrected chi connectivity index (χ1v) is 10.5. The molecule has 1 aromatic heterocycles. The predicted molar refractivity (Wildman–Crippen MR) is 126 cm³/mol. The molecule has 3 N–H and O–H groups in total. The Morgan fingerprint density at radius 2 is 2.03 bits per heavy atom. The van der Waals surface area contributed by atoms with Gasteiger partial charge in [-0.3, -0.25) is 4.99 Å². The van der Waals surface area contributed by atoms with Crippen molar-refractivity contribution < 1.29 is 9.13 Å². The van der Waals surface area contributed by atoms with Gasteiger partial charge in [0.1, 0.15) is 17.4 Å². The first-order valence-electron chi connectivity index (χ1n) is 10.5. The number of nitrogens with zero attached hydrogens (tertiary/aromatic N) is 3. The summed E-state index contributed by atoms with van der Waals surface area (Å²) < 4.78 is 20.7. The second kappa shape index (κ2) is 9.51. The molecule has 3 aromatic rings. The molecule has 4 rings (SSSR count). The fourth-order valence-electron chi connectivity index (χ4n) is 3.58. The third-order valence-electron chi connectivity index (χ3n) is 5.25. The number of aromatic nitrogens is 2. The zero-order chi connectivity index (χ0) is 22.5. The van der Waals surface area contributed by atoms with Gasteiger partial charge < -0.3 is 20.4 Å². The summed E-state index contributed by atoms with van der Waals surface area (Å²) in [6.07, 6.45) is 9.44. The van der Waals surface area contributed by atoms with Crippen molar-refractivity contribution >= 4 is 17.6 Å². The fourth-order valence-corrected chi connectivity index (χ4v) is 3.58. The van der Waals surface area contributed by atoms with E-state index >= 15 is 0 Å². The number of methoxy groups -OCH3 is 1. The maximum absolute atomic E-state index is 13.1. The zero-order valence-electron chi connectivity index (χ0n) is 18.2. The van der Waals surface area contributed by atoms with Crippen molar-refractivity contribution in [1.82, 2.24) is 14.9 Å². The summed E-state index contributed by atoms with van der Waals surface area (Å²) in [6, 6.07) is 12.2. The van der Waals surface area contributed by atoms with Gasteiger partial charge >= 0.3 is 0 Å². The Morgan fingerprint density at radius 3 is 2.75 bits per heavy atom. The molecule has 0 spiro atoms. The van der Waals surface area contributed by atoms with Crippen LogP contribution >= 0.6 is 0 Å². The molecule has 0 aliphatic carbocycles. The summed E-state index contributed by atoms with van der Waals surface area (Å²) >= 11 is 0. The van der Waals surface area contributed by atoms with Crippen LogP contribution in [0.15, 0.2) is 71.8 Å². The van der Waals surface area contributed by atoms with Gasteiger partial charge in [-0.05, 0) is 78.9 Å². The predicted octanol–water partition coefficient (Wildman–Crippen LogP) is 4.45. The molecule has 1 aliphatic rings. The van der Waals surface area contributed by atoms with E-state index in [4.69, 9.17) is 10.5 Å². The summed E-state index contributed by atoms with van der Waals surface area (Å²) in [6.45, 7) is 2.71. The third kappa shape index (κ3) is 4.88. The lowest BCUT2D eigenvalue weighted by Crippen LogP contribution is -2.24. The van der Waals surface area contributed by atoms with E-state index in [0.717, 1.165) is 59.1 Å². The molecule has 2 heterocycles. The van der Waals surface area contributed by atoms with Crippen molar-refractivity contribution in [3.05, 3.63) is 89.4 Å². The van der Waals surface area contributed by atoms with Crippen LogP contribution in [0.1, 0.15) is 29.7 Å². The van der Waals surface area contributed by atoms with Crippen LogP contribution in [0.2, 0.25) is 0 Å². The Bertz CT molecular complexity index is 1190. The molecule has 0 unspecified atom stereocenters. The van der Waals surface area contributed by atoms with Gasteiger partial charge in [0.05, 0.1) is 30.5 Å². The van der Waals surface area contributed by atoms with Gasteiger partial charge in [0.15, 0.2) is 0 Å². The van der Waals surface area contributed by atoms with E-state index in [0.29, 0.717) is 5.70 Å². The lowest BCUT2D eigenvalue weighted by molar-refractivity contribution is 0.413. The first-order chi connectivity index (χ1) is 15.5. The van der Waals surface area contributed by atoms with Crippen LogP contribution in [-0.2, 0) is 0 Å². The van der Waals surface area contributed by atoms with Crippen LogP contribution < -0.4 is 15.8 Å². The maximum atomic E-state index is 13.1. The molecule has 0 amide bonds. The molecule has 0 fully saturated rings. The van der Waals surface area contributed by atoms with E-state index in [9.17, 15) is 4.39 Å². The van der Waals surface area contributed by atoms with Gasteiger partial charge in [0, 0.05) is 18.9 Å². The number of hydrogen-bond donors (Lipinski definition) is 2. The zero-order valence-corrected chi connectivity index (χ0v) is 18.2. The molecule has 0 saturated carbocycles. The SMILES string of the molecule is COc1cc(/C=C2\CCCN=C2N/C=C(\N)c2ccc(F)cc2)ccc1-n1cnc(C)c1. The Hall–Kier alpha value is -3.87. The lowest BCUT2D eigenvalue weighted by atomic mass is 10.0. The number of ether oxygens (including phenoxy) is 1. The molecule has 32 heavy (non-hydrogen) atoms. The average molecular weight is 432 g/mol. The monoisotopic (exact) mass is 431 g/mol. The highest BCUT2D eigenvalue weighted by Crippen LogP contribution is 2.27. The highest BCUT2D eigenvalue weighted by atomic mass is 19.1. The number of amidine groups is 1. The fraction of sp³-hybridized carbons (Fsp3) is 0.200. The normalized spacial score (nSPS) is 15.5. The number of nitrogens with two attached hydrogens (primary N) is 1. The molecule has 0 atom stereocenters. The Balaban J connectivity index is 1.57. The topological polar surface area (TPSA) is 77.5 Å². The minimum Gasteiger partial charge on any atom is -0.495 e. The van der Waals surface area contributed by atoms with E-state index in [1.807, 2.05) is 29.8 Å². The molecule has 0 bridgehead atoms. The number of aliphatic imine (C=N–C) groups is 1. The minimum atomic E-state index is -0.291. The molecular weight excluding hydrogens is 405 g/mol. The van der Waals surface area contributed by atoms with Crippen LogP contribution in [0, 0.1) is 12.7 Å². The summed E-state index contributed by atoms with van der Waals surface area (Å²) in [7, 11) is 1.66. The Morgan fingerprint density at radius 1 is 1.22 bits per heavy atom. The van der Waals surface area contributed by atoms with E-state index in [-0.39, 0.29) is 5.82 Å². The number of nitrogens with one attached hydrogen (secondary N) is 1. The number of imidazole rings is 1. The second-order valence-electron chi connectivity index (χ2n) is 7.61. The third-order valence-corrected chi connectivity index (χ3v) is 5.25. The van der Waals surface area contributed by atoms with Crippen molar-refractivity contribution in [2.75, 3.05) is 13.7 Å².